The number of hydrogen-bond donors (Lipinski definition) is 1. The fraction of sp³-hybridized carbons (Fsp3) is 0.591. The van der Waals surface area contributed by atoms with Crippen molar-refractivity contribution in [1.29, 1.82) is 0 Å². The van der Waals surface area contributed by atoms with Gasteiger partial charge in [0.25, 0.3) is 5.56 Å². The Morgan fingerprint density at radius 1 is 1.14 bits per heavy atom. The summed E-state index contributed by atoms with van der Waals surface area (Å²) in [6.07, 6.45) is 9.03. The van der Waals surface area contributed by atoms with Gasteiger partial charge >= 0.3 is 0 Å². The minimum absolute atomic E-state index is 0.0290. The van der Waals surface area contributed by atoms with Crippen LogP contribution in [0.5, 0.6) is 0 Å². The summed E-state index contributed by atoms with van der Waals surface area (Å²) in [5.74, 6) is 0.892. The maximum absolute atomic E-state index is 13.1. The van der Waals surface area contributed by atoms with Crippen molar-refractivity contribution < 1.29 is 4.79 Å². The quantitative estimate of drug-likeness (QED) is 0.601. The minimum atomic E-state index is 0.0290. The van der Waals surface area contributed by atoms with Crippen LogP contribution in [0.1, 0.15) is 64.3 Å². The molecular formula is C22H29N3O2S. The van der Waals surface area contributed by atoms with Gasteiger partial charge in [-0.15, -0.1) is 0 Å². The fourth-order valence-corrected chi connectivity index (χ4v) is 5.50. The second-order valence-electron chi connectivity index (χ2n) is 8.25. The monoisotopic (exact) mass is 399 g/mol. The summed E-state index contributed by atoms with van der Waals surface area (Å²) in [5.41, 5.74) is 0.742. The normalized spacial score (nSPS) is 23.2. The van der Waals surface area contributed by atoms with Crippen molar-refractivity contribution in [2.75, 3.05) is 5.75 Å². The molecule has 0 saturated heterocycles. The molecule has 2 aliphatic carbocycles. The van der Waals surface area contributed by atoms with Crippen LogP contribution in [0.2, 0.25) is 0 Å². The first-order chi connectivity index (χ1) is 13.6. The second kappa shape index (κ2) is 8.68. The van der Waals surface area contributed by atoms with Crippen molar-refractivity contribution in [3.05, 3.63) is 34.6 Å². The van der Waals surface area contributed by atoms with Gasteiger partial charge in [0.05, 0.1) is 16.7 Å². The largest absolute Gasteiger partial charge is 0.352 e. The number of benzene rings is 1. The zero-order valence-corrected chi connectivity index (χ0v) is 17.3. The van der Waals surface area contributed by atoms with E-state index in [9.17, 15) is 9.59 Å². The lowest BCUT2D eigenvalue weighted by Gasteiger charge is -2.29. The topological polar surface area (TPSA) is 64.0 Å². The minimum Gasteiger partial charge on any atom is -0.352 e. The molecule has 2 fully saturated rings. The number of fused-ring (bicyclic) bond motifs is 1. The van der Waals surface area contributed by atoms with Gasteiger partial charge in [0.15, 0.2) is 5.16 Å². The van der Waals surface area contributed by atoms with E-state index in [1.165, 1.54) is 31.0 Å². The summed E-state index contributed by atoms with van der Waals surface area (Å²) >= 11 is 1.40. The highest BCUT2D eigenvalue weighted by atomic mass is 32.2. The van der Waals surface area contributed by atoms with E-state index >= 15 is 0 Å². The Labute approximate surface area is 170 Å². The van der Waals surface area contributed by atoms with Crippen LogP contribution >= 0.6 is 11.8 Å². The molecule has 6 heteroatoms. The predicted octanol–water partition coefficient (Wildman–Crippen LogP) is 4.30. The maximum Gasteiger partial charge on any atom is 0.262 e. The Balaban J connectivity index is 1.54. The summed E-state index contributed by atoms with van der Waals surface area (Å²) in [7, 11) is 0. The summed E-state index contributed by atoms with van der Waals surface area (Å²) in [4.78, 5) is 30.5. The molecule has 4 rings (SSSR count). The highest BCUT2D eigenvalue weighted by molar-refractivity contribution is 7.99. The number of nitrogens with one attached hydrogen (secondary N) is 1. The molecule has 5 nitrogen and oxygen atoms in total. The van der Waals surface area contributed by atoms with Crippen molar-refractivity contribution in [3.63, 3.8) is 0 Å². The summed E-state index contributed by atoms with van der Waals surface area (Å²) in [6.45, 7) is 2.22. The Hall–Kier alpha value is -1.82. The Bertz CT molecular complexity index is 904. The van der Waals surface area contributed by atoms with Gasteiger partial charge in [-0.1, -0.05) is 56.5 Å². The van der Waals surface area contributed by atoms with Gasteiger partial charge < -0.3 is 5.32 Å². The van der Waals surface area contributed by atoms with Crippen LogP contribution in [0, 0.1) is 5.92 Å². The molecule has 1 amide bonds. The number of thioether (sulfide) groups is 1. The van der Waals surface area contributed by atoms with E-state index < -0.39 is 0 Å². The average Bonchev–Trinajstić information content (AvgIpc) is 3.22. The molecule has 0 bridgehead atoms. The summed E-state index contributed by atoms with van der Waals surface area (Å²) in [5, 5.41) is 4.55. The Morgan fingerprint density at radius 3 is 2.64 bits per heavy atom. The van der Waals surface area contributed by atoms with Gasteiger partial charge in [0.1, 0.15) is 0 Å². The number of carbonyl (C=O) groups excluding carboxylic acids is 1. The molecule has 0 unspecified atom stereocenters. The van der Waals surface area contributed by atoms with Crippen molar-refractivity contribution in [2.45, 2.75) is 75.5 Å². The summed E-state index contributed by atoms with van der Waals surface area (Å²) in [6, 6.07) is 8.00. The van der Waals surface area contributed by atoms with Crippen LogP contribution < -0.4 is 10.9 Å². The van der Waals surface area contributed by atoms with Gasteiger partial charge in [0, 0.05) is 12.1 Å². The number of rotatable bonds is 5. The first-order valence-electron chi connectivity index (χ1n) is 10.6. The number of aromatic nitrogens is 2. The summed E-state index contributed by atoms with van der Waals surface area (Å²) < 4.78 is 1.86. The SMILES string of the molecule is C[C@H]1CCCC[C@@H]1NC(=O)CSc1nc2ccccc2c(=O)n1C1CCCC1. The molecule has 1 heterocycles. The third-order valence-corrected chi connectivity index (χ3v) is 7.21. The van der Waals surface area contributed by atoms with Crippen LogP contribution in [0.25, 0.3) is 10.9 Å². The molecule has 2 aromatic rings. The van der Waals surface area contributed by atoms with E-state index in [1.54, 1.807) is 0 Å². The predicted molar refractivity (Wildman–Crippen MR) is 114 cm³/mol. The smallest absolute Gasteiger partial charge is 0.262 e. The molecule has 2 aliphatic rings. The highest BCUT2D eigenvalue weighted by Crippen LogP contribution is 2.32. The second-order valence-corrected chi connectivity index (χ2v) is 9.19. The fourth-order valence-electron chi connectivity index (χ4n) is 4.62. The molecular weight excluding hydrogens is 370 g/mol. The molecule has 1 N–H and O–H groups in total. The van der Waals surface area contributed by atoms with E-state index in [4.69, 9.17) is 4.98 Å². The van der Waals surface area contributed by atoms with E-state index in [1.807, 2.05) is 28.8 Å². The lowest BCUT2D eigenvalue weighted by atomic mass is 9.86. The molecule has 28 heavy (non-hydrogen) atoms. The Morgan fingerprint density at radius 2 is 1.86 bits per heavy atom. The van der Waals surface area contributed by atoms with Gasteiger partial charge in [-0.2, -0.15) is 0 Å². The molecule has 1 aromatic carbocycles. The molecule has 150 valence electrons. The molecule has 0 radical (unpaired) electrons. The maximum atomic E-state index is 13.1. The molecule has 0 spiro atoms. The molecule has 2 atom stereocenters. The van der Waals surface area contributed by atoms with Gasteiger partial charge in [0.2, 0.25) is 5.91 Å². The Kier molecular flexibility index (Phi) is 6.04. The number of amides is 1. The van der Waals surface area contributed by atoms with Gasteiger partial charge in [-0.05, 0) is 43.7 Å². The number of hydrogen-bond acceptors (Lipinski definition) is 4. The van der Waals surface area contributed by atoms with E-state index in [0.29, 0.717) is 27.7 Å². The van der Waals surface area contributed by atoms with Crippen LogP contribution in [0.15, 0.2) is 34.2 Å². The molecule has 0 aliphatic heterocycles. The third-order valence-electron chi connectivity index (χ3n) is 6.26. The molecule has 1 aromatic heterocycles. The average molecular weight is 400 g/mol. The number of para-hydroxylation sites is 1. The molecule has 2 saturated carbocycles. The van der Waals surface area contributed by atoms with Crippen LogP contribution in [-0.4, -0.2) is 27.3 Å². The van der Waals surface area contributed by atoms with E-state index in [0.717, 1.165) is 32.1 Å². The van der Waals surface area contributed by atoms with Crippen molar-refractivity contribution in [1.82, 2.24) is 14.9 Å². The lowest BCUT2D eigenvalue weighted by molar-refractivity contribution is -0.119. The first kappa shape index (κ1) is 19.5. The van der Waals surface area contributed by atoms with Crippen LogP contribution in [-0.2, 0) is 4.79 Å². The first-order valence-corrected chi connectivity index (χ1v) is 11.6. The van der Waals surface area contributed by atoms with Gasteiger partial charge in [-0.25, -0.2) is 4.98 Å². The number of nitrogens with zero attached hydrogens (tertiary/aromatic N) is 2. The number of carbonyl (C=O) groups is 1. The van der Waals surface area contributed by atoms with E-state index in [-0.39, 0.29) is 23.6 Å². The van der Waals surface area contributed by atoms with E-state index in [2.05, 4.69) is 12.2 Å². The highest BCUT2D eigenvalue weighted by Gasteiger charge is 2.25. The third kappa shape index (κ3) is 4.12. The van der Waals surface area contributed by atoms with Crippen LogP contribution in [0.4, 0.5) is 0 Å². The zero-order valence-electron chi connectivity index (χ0n) is 16.5. The van der Waals surface area contributed by atoms with Crippen molar-refractivity contribution in [2.24, 2.45) is 5.92 Å². The van der Waals surface area contributed by atoms with Gasteiger partial charge in [-0.3, -0.25) is 14.2 Å². The zero-order chi connectivity index (χ0) is 19.5. The van der Waals surface area contributed by atoms with Crippen LogP contribution in [0.3, 0.4) is 0 Å². The standard InChI is InChI=1S/C22H29N3O2S/c1-15-8-2-6-12-18(15)23-20(26)14-28-22-24-19-13-7-5-11-17(19)21(27)25(22)16-9-3-4-10-16/h5,7,11,13,15-16,18H,2-4,6,8-10,12,14H2,1H3,(H,23,26)/t15-,18-/m0/s1. The van der Waals surface area contributed by atoms with Crippen molar-refractivity contribution in [3.8, 4) is 0 Å². The lowest BCUT2D eigenvalue weighted by Crippen LogP contribution is -2.42. The van der Waals surface area contributed by atoms with Crippen molar-refractivity contribution >= 4 is 28.6 Å².